The Morgan fingerprint density at radius 1 is 0.325 bits per heavy atom. The quantitative estimate of drug-likeness (QED) is 0.00889. The number of hydrogen-bond donors (Lipinski definition) is 10. The lowest BCUT2D eigenvalue weighted by Crippen LogP contribution is -2.70. The van der Waals surface area contributed by atoms with Crippen LogP contribution in [0.4, 0.5) is 0 Å². The number of hydrogen-bond acceptors (Lipinski definition) is 24. The number of allylic oxidation sites excluding steroid dienone is 4. The molecule has 0 aromatic heterocycles. The molecule has 0 bridgehead atoms. The molecule has 0 aromatic carbocycles. The van der Waals surface area contributed by atoms with E-state index in [-0.39, 0.29) is 25.7 Å². The Morgan fingerprint density at radius 2 is 0.625 bits per heavy atom. The topological polar surface area (TPSA) is 380 Å². The zero-order valence-corrected chi connectivity index (χ0v) is 76.0. The predicted octanol–water partition coefficient (Wildman–Crippen LogP) is 18.5. The first kappa shape index (κ1) is 111. The van der Waals surface area contributed by atoms with E-state index in [0.717, 1.165) is 161 Å². The molecule has 0 amide bonds. The summed E-state index contributed by atoms with van der Waals surface area (Å²) < 4.78 is 73.5. The van der Waals surface area contributed by atoms with Crippen LogP contribution in [0, 0.1) is 0 Å². The van der Waals surface area contributed by atoms with E-state index in [0.29, 0.717) is 38.5 Å². The van der Waals surface area contributed by atoms with Crippen LogP contribution in [-0.4, -0.2) is 205 Å². The van der Waals surface area contributed by atoms with Crippen LogP contribution in [0.25, 0.3) is 0 Å². The van der Waals surface area contributed by atoms with Crippen LogP contribution < -0.4 is 0 Å². The van der Waals surface area contributed by atoms with E-state index in [1.54, 1.807) is 0 Å². The third kappa shape index (κ3) is 52.3. The van der Waals surface area contributed by atoms with Gasteiger partial charge in [0, 0.05) is 25.7 Å². The van der Waals surface area contributed by atoms with E-state index in [1.165, 1.54) is 167 Å². The lowest BCUT2D eigenvalue weighted by atomic mass is 9.84. The van der Waals surface area contributed by atoms with Gasteiger partial charge >= 0.3 is 31.7 Å². The van der Waals surface area contributed by atoms with Crippen molar-refractivity contribution in [3.05, 3.63) is 24.3 Å². The van der Waals surface area contributed by atoms with Gasteiger partial charge in [0.05, 0.1) is 13.2 Å². The standard InChI is InChI=1S/C94H173O25P/c1-5-9-13-17-21-25-29-33-37-41-45-49-53-57-61-65-69-80(99)116-89-85(104)86(105)90(117-93-87(106)83(102)81(100)75(70-95)114-93)92(91(89)118-94-88(107)84(103)82(101)76(115-94)73-111-78(97)67-63-59-55-51-47-43-39-35-31-27-23-19-15-11-7-3)119-120(108,109)112-72-74(113-79(98)68-64-60-56-52-48-44-40-36-32-28-24-20-16-12-8-4)71-110-77(96)66-62-58-54-50-46-42-38-34-30-26-22-18-14-10-6-2/h27-28,31-32,74-76,81-95,100-107H,5-26,29-30,33-73H2,1-4H3,(H,108,109)/b31-27-,32-28-. The van der Waals surface area contributed by atoms with Crippen molar-refractivity contribution in [1.29, 1.82) is 0 Å². The zero-order valence-electron chi connectivity index (χ0n) is 75.1. The van der Waals surface area contributed by atoms with Crippen molar-refractivity contribution in [3.63, 3.8) is 0 Å². The summed E-state index contributed by atoms with van der Waals surface area (Å²) in [6, 6.07) is 0. The highest BCUT2D eigenvalue weighted by atomic mass is 31.2. The van der Waals surface area contributed by atoms with Gasteiger partial charge in [-0.1, -0.05) is 341 Å². The highest BCUT2D eigenvalue weighted by Gasteiger charge is 2.60. The molecule has 26 heteroatoms. The van der Waals surface area contributed by atoms with Gasteiger partial charge in [0.25, 0.3) is 0 Å². The average Bonchev–Trinajstić information content (AvgIpc) is 0.753. The molecule has 2 saturated heterocycles. The molecule has 2 heterocycles. The molecule has 0 radical (unpaired) electrons. The van der Waals surface area contributed by atoms with E-state index in [9.17, 15) is 74.6 Å². The molecule has 2 aliphatic heterocycles. The first-order valence-electron chi connectivity index (χ1n) is 48.6. The number of esters is 4. The minimum Gasteiger partial charge on any atom is -0.463 e. The summed E-state index contributed by atoms with van der Waals surface area (Å²) >= 11 is 0. The summed E-state index contributed by atoms with van der Waals surface area (Å²) in [4.78, 5) is 66.6. The van der Waals surface area contributed by atoms with Gasteiger partial charge in [0.1, 0.15) is 92.6 Å². The van der Waals surface area contributed by atoms with E-state index < -0.39 is 162 Å². The minimum absolute atomic E-state index is 0.00996. The third-order valence-electron chi connectivity index (χ3n) is 23.7. The number of unbranched alkanes of at least 4 members (excludes halogenated alkanes) is 51. The van der Waals surface area contributed by atoms with Crippen LogP contribution in [0.5, 0.6) is 0 Å². The molecular formula is C94H173O25P. The van der Waals surface area contributed by atoms with E-state index in [4.69, 9.17) is 46.9 Å². The molecule has 0 aromatic rings. The van der Waals surface area contributed by atoms with Crippen molar-refractivity contribution in [2.24, 2.45) is 0 Å². The van der Waals surface area contributed by atoms with Crippen LogP contribution in [0.3, 0.4) is 0 Å². The summed E-state index contributed by atoms with van der Waals surface area (Å²) in [5.74, 6) is -2.96. The summed E-state index contributed by atoms with van der Waals surface area (Å²) in [6.45, 7) is 5.60. The highest BCUT2D eigenvalue weighted by Crippen LogP contribution is 2.49. The maximum absolute atomic E-state index is 14.9. The molecule has 0 spiro atoms. The minimum atomic E-state index is -5.81. The van der Waals surface area contributed by atoms with Gasteiger partial charge in [-0.25, -0.2) is 4.57 Å². The van der Waals surface area contributed by atoms with Gasteiger partial charge in [-0.05, 0) is 77.0 Å². The third-order valence-corrected chi connectivity index (χ3v) is 24.7. The summed E-state index contributed by atoms with van der Waals surface area (Å²) in [5.41, 5.74) is 0. The van der Waals surface area contributed by atoms with Crippen LogP contribution in [0.15, 0.2) is 24.3 Å². The smallest absolute Gasteiger partial charge is 0.463 e. The van der Waals surface area contributed by atoms with Crippen molar-refractivity contribution in [3.8, 4) is 0 Å². The molecule has 3 fully saturated rings. The number of ether oxygens (including phenoxy) is 8. The fourth-order valence-corrected chi connectivity index (χ4v) is 16.9. The molecule has 3 aliphatic rings. The summed E-state index contributed by atoms with van der Waals surface area (Å²) in [6.07, 6.45) is 34.3. The highest BCUT2D eigenvalue weighted by molar-refractivity contribution is 7.47. The molecule has 1 aliphatic carbocycles. The molecular weight excluding hydrogens is 1560 g/mol. The number of carbonyl (C=O) groups is 4. The number of phosphoric acid groups is 1. The van der Waals surface area contributed by atoms with Gasteiger partial charge in [-0.15, -0.1) is 0 Å². The van der Waals surface area contributed by atoms with Gasteiger partial charge in [0.15, 0.2) is 24.8 Å². The molecule has 120 heavy (non-hydrogen) atoms. The number of aliphatic hydroxyl groups excluding tert-OH is 9. The number of aliphatic hydroxyl groups is 9. The van der Waals surface area contributed by atoms with Gasteiger partial charge < -0.3 is 88.7 Å². The largest absolute Gasteiger partial charge is 0.472 e. The second-order valence-corrected chi connectivity index (χ2v) is 36.0. The van der Waals surface area contributed by atoms with Crippen molar-refractivity contribution in [2.45, 2.75) is 524 Å². The Labute approximate surface area is 724 Å². The lowest BCUT2D eigenvalue weighted by molar-refractivity contribution is -0.360. The van der Waals surface area contributed by atoms with E-state index in [1.807, 2.05) is 0 Å². The van der Waals surface area contributed by atoms with Crippen LogP contribution in [0.1, 0.15) is 419 Å². The normalized spacial score (nSPS) is 24.8. The van der Waals surface area contributed by atoms with Crippen molar-refractivity contribution < 1.29 is 122 Å². The molecule has 10 N–H and O–H groups in total. The molecule has 18 unspecified atom stereocenters. The SMILES string of the molecule is CCCCCC/C=C\CCCCCCCCCC(=O)OCC1OC(OC2C(OC(=O)CCCCCCCCCCCCCCCCCC)C(O)C(O)C(OC3OC(CO)C(O)C(O)C3O)C2OP(=O)(O)OCC(COC(=O)CCCCCCCCCCCCCCCCC)OC(=O)CCCCCCCCC/C=C\CCCCCC)C(O)C(O)C1O. The zero-order chi connectivity index (χ0) is 87.5. The van der Waals surface area contributed by atoms with E-state index >= 15 is 0 Å². The monoisotopic (exact) mass is 1730 g/mol. The maximum atomic E-state index is 14.9. The van der Waals surface area contributed by atoms with Crippen molar-refractivity contribution >= 4 is 31.7 Å². The molecule has 18 atom stereocenters. The predicted molar refractivity (Wildman–Crippen MR) is 467 cm³/mol. The second-order valence-electron chi connectivity index (χ2n) is 34.6. The Morgan fingerprint density at radius 3 is 1.00 bits per heavy atom. The molecule has 3 rings (SSSR count). The van der Waals surface area contributed by atoms with Crippen LogP contribution in [0.2, 0.25) is 0 Å². The van der Waals surface area contributed by atoms with Crippen molar-refractivity contribution in [1.82, 2.24) is 0 Å². The lowest BCUT2D eigenvalue weighted by Gasteiger charge is -2.50. The fourth-order valence-electron chi connectivity index (χ4n) is 16.0. The van der Waals surface area contributed by atoms with Gasteiger partial charge in [-0.2, -0.15) is 0 Å². The Balaban J connectivity index is 1.91. The number of carbonyl (C=O) groups excluding carboxylic acids is 4. The van der Waals surface area contributed by atoms with Crippen LogP contribution in [-0.2, 0) is 70.7 Å². The Kier molecular flexibility index (Phi) is 67.5. The number of rotatable bonds is 79. The Bertz CT molecular complexity index is 2580. The Hall–Kier alpha value is -3.05. The van der Waals surface area contributed by atoms with Crippen molar-refractivity contribution in [2.75, 3.05) is 26.4 Å². The first-order chi connectivity index (χ1) is 58.2. The van der Waals surface area contributed by atoms with E-state index in [2.05, 4.69) is 52.0 Å². The summed E-state index contributed by atoms with van der Waals surface area (Å²) in [5, 5.41) is 102. The fraction of sp³-hybridized carbons (Fsp3) is 0.915. The maximum Gasteiger partial charge on any atom is 0.472 e. The van der Waals surface area contributed by atoms with Gasteiger partial charge in [-0.3, -0.25) is 28.2 Å². The summed E-state index contributed by atoms with van der Waals surface area (Å²) in [7, 11) is -5.81. The first-order valence-corrected chi connectivity index (χ1v) is 50.1. The number of phosphoric ester groups is 1. The molecule has 25 nitrogen and oxygen atoms in total. The average molecular weight is 1730 g/mol. The van der Waals surface area contributed by atoms with Crippen LogP contribution >= 0.6 is 7.82 Å². The second kappa shape index (κ2) is 72.9. The molecule has 704 valence electrons. The van der Waals surface area contributed by atoms with Gasteiger partial charge in [0.2, 0.25) is 0 Å². The molecule has 1 saturated carbocycles.